The number of rotatable bonds is 0. The first kappa shape index (κ1) is 6.31. The molecule has 0 aromatic heterocycles. The molecule has 1 aliphatic rings. The summed E-state index contributed by atoms with van der Waals surface area (Å²) in [7, 11) is 0. The zero-order chi connectivity index (χ0) is 6.53. The first-order chi connectivity index (χ1) is 4.43. The van der Waals surface area contributed by atoms with Crippen molar-refractivity contribution >= 4 is 0 Å². The van der Waals surface area contributed by atoms with E-state index in [0.29, 0.717) is 6.61 Å². The molecule has 1 rings (SSSR count). The van der Waals surface area contributed by atoms with Crippen molar-refractivity contribution < 1.29 is 4.74 Å². The van der Waals surface area contributed by atoms with Gasteiger partial charge in [0.25, 0.3) is 0 Å². The van der Waals surface area contributed by atoms with Gasteiger partial charge in [-0.2, -0.15) is 0 Å². The molecular weight excluding hydrogens is 114 g/mol. The predicted molar refractivity (Wildman–Crippen MR) is 34.7 cm³/mol. The van der Waals surface area contributed by atoms with Crippen LogP contribution in [0.1, 0.15) is 12.8 Å². The molecule has 9 heavy (non-hydrogen) atoms. The molecule has 0 atom stereocenters. The van der Waals surface area contributed by atoms with Crippen molar-refractivity contribution in [2.24, 2.45) is 0 Å². The van der Waals surface area contributed by atoms with Crippen molar-refractivity contribution in [1.29, 1.82) is 0 Å². The SMILES string of the molecule is [C-]#[N+]/C=C1\CCCOC1. The monoisotopic (exact) mass is 123 g/mol. The predicted octanol–water partition coefficient (Wildman–Crippen LogP) is 1.60. The summed E-state index contributed by atoms with van der Waals surface area (Å²) in [6.45, 7) is 8.06. The van der Waals surface area contributed by atoms with E-state index in [0.717, 1.165) is 25.0 Å². The normalized spacial score (nSPS) is 23.7. The third-order valence-corrected chi connectivity index (χ3v) is 1.32. The second kappa shape index (κ2) is 3.26. The summed E-state index contributed by atoms with van der Waals surface area (Å²) in [5, 5.41) is 0. The highest BCUT2D eigenvalue weighted by atomic mass is 16.5. The summed E-state index contributed by atoms with van der Waals surface area (Å²) in [4.78, 5) is 3.17. The minimum Gasteiger partial charge on any atom is -0.378 e. The summed E-state index contributed by atoms with van der Waals surface area (Å²) in [6, 6.07) is 0. The van der Waals surface area contributed by atoms with Crippen LogP contribution in [0, 0.1) is 6.57 Å². The lowest BCUT2D eigenvalue weighted by molar-refractivity contribution is 0.130. The van der Waals surface area contributed by atoms with E-state index in [1.807, 2.05) is 0 Å². The number of ether oxygens (including phenoxy) is 1. The molecule has 0 saturated carbocycles. The Hall–Kier alpha value is -0.810. The molecule has 1 aliphatic heterocycles. The minimum absolute atomic E-state index is 0.669. The highest BCUT2D eigenvalue weighted by Gasteiger charge is 2.02. The topological polar surface area (TPSA) is 13.6 Å². The summed E-state index contributed by atoms with van der Waals surface area (Å²) in [6.07, 6.45) is 3.68. The van der Waals surface area contributed by atoms with E-state index < -0.39 is 0 Å². The molecule has 1 heterocycles. The second-order valence-corrected chi connectivity index (χ2v) is 2.07. The maximum Gasteiger partial charge on any atom is 0.155 e. The fourth-order valence-corrected chi connectivity index (χ4v) is 0.870. The van der Waals surface area contributed by atoms with Gasteiger partial charge in [-0.1, -0.05) is 0 Å². The fraction of sp³-hybridized carbons (Fsp3) is 0.571. The summed E-state index contributed by atoms with van der Waals surface area (Å²) >= 11 is 0. The Morgan fingerprint density at radius 3 is 3.11 bits per heavy atom. The standard InChI is InChI=1S/C7H9NO/c1-8-5-7-3-2-4-9-6-7/h5H,2-4,6H2/b7-5+. The number of hydrogen-bond donors (Lipinski definition) is 0. The van der Waals surface area contributed by atoms with Gasteiger partial charge >= 0.3 is 0 Å². The van der Waals surface area contributed by atoms with Crippen LogP contribution >= 0.6 is 0 Å². The lowest BCUT2D eigenvalue weighted by Crippen LogP contribution is -2.07. The molecule has 2 heteroatoms. The summed E-state index contributed by atoms with van der Waals surface area (Å²) in [5.74, 6) is 0. The van der Waals surface area contributed by atoms with Crippen LogP contribution in [-0.4, -0.2) is 13.2 Å². The minimum atomic E-state index is 0.669. The molecule has 0 aromatic carbocycles. The Morgan fingerprint density at radius 2 is 2.56 bits per heavy atom. The Morgan fingerprint density at radius 1 is 1.67 bits per heavy atom. The van der Waals surface area contributed by atoms with Crippen molar-refractivity contribution in [3.05, 3.63) is 23.2 Å². The molecule has 0 N–H and O–H groups in total. The van der Waals surface area contributed by atoms with Crippen molar-refractivity contribution in [2.75, 3.05) is 13.2 Å². The molecule has 1 fully saturated rings. The van der Waals surface area contributed by atoms with Crippen LogP contribution in [-0.2, 0) is 4.74 Å². The summed E-state index contributed by atoms with van der Waals surface area (Å²) < 4.78 is 5.12. The van der Waals surface area contributed by atoms with Gasteiger partial charge in [-0.15, -0.1) is 0 Å². The molecule has 0 unspecified atom stereocenters. The Kier molecular flexibility index (Phi) is 2.29. The first-order valence-corrected chi connectivity index (χ1v) is 3.05. The van der Waals surface area contributed by atoms with Gasteiger partial charge in [0, 0.05) is 6.61 Å². The Labute approximate surface area is 54.9 Å². The zero-order valence-corrected chi connectivity index (χ0v) is 5.26. The highest BCUT2D eigenvalue weighted by molar-refractivity contribution is 5.07. The molecule has 0 amide bonds. The highest BCUT2D eigenvalue weighted by Crippen LogP contribution is 2.11. The first-order valence-electron chi connectivity index (χ1n) is 3.05. The van der Waals surface area contributed by atoms with Crippen LogP contribution in [0.25, 0.3) is 4.85 Å². The van der Waals surface area contributed by atoms with Crippen LogP contribution in [0.5, 0.6) is 0 Å². The summed E-state index contributed by atoms with van der Waals surface area (Å²) in [5.41, 5.74) is 1.14. The van der Waals surface area contributed by atoms with Gasteiger partial charge < -0.3 is 4.74 Å². The molecule has 1 saturated heterocycles. The van der Waals surface area contributed by atoms with Gasteiger partial charge in [0.15, 0.2) is 6.20 Å². The number of nitrogens with zero attached hydrogens (tertiary/aromatic N) is 1. The van der Waals surface area contributed by atoms with Crippen molar-refractivity contribution in [3.63, 3.8) is 0 Å². The van der Waals surface area contributed by atoms with E-state index in [2.05, 4.69) is 4.85 Å². The van der Waals surface area contributed by atoms with Crippen LogP contribution in [0.4, 0.5) is 0 Å². The van der Waals surface area contributed by atoms with E-state index >= 15 is 0 Å². The molecule has 0 bridgehead atoms. The third-order valence-electron chi connectivity index (χ3n) is 1.32. The van der Waals surface area contributed by atoms with E-state index in [1.165, 1.54) is 0 Å². The zero-order valence-electron chi connectivity index (χ0n) is 5.26. The fourth-order valence-electron chi connectivity index (χ4n) is 0.870. The van der Waals surface area contributed by atoms with Crippen LogP contribution in [0.3, 0.4) is 0 Å². The quantitative estimate of drug-likeness (QED) is 0.446. The largest absolute Gasteiger partial charge is 0.378 e. The van der Waals surface area contributed by atoms with Gasteiger partial charge in [-0.3, -0.25) is 0 Å². The van der Waals surface area contributed by atoms with Gasteiger partial charge in [0.05, 0.1) is 13.2 Å². The second-order valence-electron chi connectivity index (χ2n) is 2.07. The van der Waals surface area contributed by atoms with Crippen molar-refractivity contribution in [2.45, 2.75) is 12.8 Å². The Bertz CT molecular complexity index is 147. The maximum absolute atomic E-state index is 6.53. The van der Waals surface area contributed by atoms with Gasteiger partial charge in [-0.25, -0.2) is 4.85 Å². The van der Waals surface area contributed by atoms with Crippen LogP contribution in [0.15, 0.2) is 11.8 Å². The average Bonchev–Trinajstić information content (AvgIpc) is 1.91. The van der Waals surface area contributed by atoms with Gasteiger partial charge in [0.2, 0.25) is 0 Å². The smallest absolute Gasteiger partial charge is 0.155 e. The van der Waals surface area contributed by atoms with Crippen LogP contribution in [0.2, 0.25) is 0 Å². The molecule has 0 aliphatic carbocycles. The van der Waals surface area contributed by atoms with E-state index in [4.69, 9.17) is 11.3 Å². The Balaban J connectivity index is 2.42. The van der Waals surface area contributed by atoms with E-state index in [1.54, 1.807) is 6.20 Å². The molecular formula is C7H9NO. The van der Waals surface area contributed by atoms with Crippen molar-refractivity contribution in [3.8, 4) is 0 Å². The maximum atomic E-state index is 6.53. The lowest BCUT2D eigenvalue weighted by atomic mass is 10.1. The molecule has 0 aromatic rings. The van der Waals surface area contributed by atoms with Gasteiger partial charge in [0.1, 0.15) is 0 Å². The number of hydrogen-bond acceptors (Lipinski definition) is 1. The van der Waals surface area contributed by atoms with E-state index in [-0.39, 0.29) is 0 Å². The third kappa shape index (κ3) is 1.87. The lowest BCUT2D eigenvalue weighted by Gasteiger charge is -2.12. The average molecular weight is 123 g/mol. The van der Waals surface area contributed by atoms with Crippen LogP contribution < -0.4 is 0 Å². The van der Waals surface area contributed by atoms with Crippen molar-refractivity contribution in [1.82, 2.24) is 0 Å². The molecule has 0 radical (unpaired) electrons. The molecule has 2 nitrogen and oxygen atoms in total. The molecule has 48 valence electrons. The van der Waals surface area contributed by atoms with Gasteiger partial charge in [-0.05, 0) is 18.4 Å². The van der Waals surface area contributed by atoms with E-state index in [9.17, 15) is 0 Å². The molecule has 0 spiro atoms.